The van der Waals surface area contributed by atoms with Crippen molar-refractivity contribution >= 4 is 59.7 Å². The van der Waals surface area contributed by atoms with Crippen LogP contribution < -0.4 is 0 Å². The maximum atomic E-state index is 13.1. The molecule has 27 nitrogen and oxygen atoms in total. The minimum atomic E-state index is -0.375. The maximum absolute atomic E-state index is 13.1. The van der Waals surface area contributed by atoms with E-state index in [1.807, 2.05) is 9.80 Å². The number of carbonyl (C=O) groups is 10. The molecule has 1 aliphatic heterocycles. The van der Waals surface area contributed by atoms with Gasteiger partial charge in [0.15, 0.2) is 0 Å². The summed E-state index contributed by atoms with van der Waals surface area (Å²) in [6.45, 7) is 23.5. The average molecular weight is 1600 g/mol. The van der Waals surface area contributed by atoms with Crippen LogP contribution in [0.3, 0.4) is 0 Å². The summed E-state index contributed by atoms with van der Waals surface area (Å²) in [6.07, 6.45) is 29.8. The van der Waals surface area contributed by atoms with Crippen LogP contribution in [0.1, 0.15) is 298 Å². The zero-order chi connectivity index (χ0) is 81.6. The highest BCUT2D eigenvalue weighted by Gasteiger charge is 2.21. The first kappa shape index (κ1) is 104. The van der Waals surface area contributed by atoms with E-state index < -0.39 is 0 Å². The Morgan fingerprint density at radius 3 is 0.616 bits per heavy atom. The lowest BCUT2D eigenvalue weighted by Crippen LogP contribution is -2.49. The molecule has 1 saturated heterocycles. The Morgan fingerprint density at radius 2 is 0.384 bits per heavy atom. The average Bonchev–Trinajstić information content (AvgIpc) is 0.903. The number of unbranched alkanes of at least 4 members (excludes halogenated alkanes) is 21. The fraction of sp³-hybridized carbons (Fsp3) is 0.882. The number of piperazine rings is 1. The van der Waals surface area contributed by atoms with Crippen LogP contribution in [0.5, 0.6) is 0 Å². The maximum Gasteiger partial charge on any atom is 0.307 e. The molecule has 0 aromatic carbocycles. The molecule has 1 aliphatic rings. The first-order chi connectivity index (χ1) is 54.6. The van der Waals surface area contributed by atoms with E-state index in [2.05, 4.69) is 49.3 Å². The molecule has 112 heavy (non-hydrogen) atoms. The summed E-state index contributed by atoms with van der Waals surface area (Å²) >= 11 is 0. The van der Waals surface area contributed by atoms with Crippen molar-refractivity contribution < 1.29 is 105 Å². The first-order valence-electron chi connectivity index (χ1n) is 43.9. The lowest BCUT2D eigenvalue weighted by Gasteiger charge is -2.35. The van der Waals surface area contributed by atoms with Crippen molar-refractivity contribution in [2.45, 2.75) is 298 Å². The summed E-state index contributed by atoms with van der Waals surface area (Å²) in [5.74, 6) is -2.75. The standard InChI is InChI=1S/C85H155N5O22/c1-6-11-16-21-26-41-80(95)107-66-31-35-70-111-84(99)45-50-87(49-44-83(98)110-69-34-29-64-105-78(93)39-24-19-14-9-4)59-73-102-75-61-90-56-54-89(55-57-90)53-52-88(51-46-85(100)112-71-36-30-65-106-79(94)40-25-20-15-10-5)60-74-101-72-58-86(47-42-81(96)108-67-32-27-62-103-76(91)37-22-17-12-7-2)48-43-82(97)109-68-33-28-63-104-77(92)38-23-18-13-8-3/h6-75H2,1-5H3. The van der Waals surface area contributed by atoms with Crippen molar-refractivity contribution in [2.24, 2.45) is 0 Å². The number of carbonyl (C=O) groups excluding carboxylic acids is 10. The van der Waals surface area contributed by atoms with Crippen LogP contribution in [-0.4, -0.2) is 275 Å². The molecule has 0 N–H and O–H groups in total. The minimum Gasteiger partial charge on any atom is -0.466 e. The highest BCUT2D eigenvalue weighted by atomic mass is 16.6. The Kier molecular flexibility index (Phi) is 72.7. The molecule has 652 valence electrons. The molecule has 0 aliphatic carbocycles. The summed E-state index contributed by atoms with van der Waals surface area (Å²) in [5.41, 5.74) is 0. The zero-order valence-electron chi connectivity index (χ0n) is 70.7. The summed E-state index contributed by atoms with van der Waals surface area (Å²) < 4.78 is 66.9. The molecule has 0 unspecified atom stereocenters. The van der Waals surface area contributed by atoms with Gasteiger partial charge in [-0.3, -0.25) is 72.4 Å². The second kappa shape index (κ2) is 78.0. The zero-order valence-corrected chi connectivity index (χ0v) is 70.7. The van der Waals surface area contributed by atoms with E-state index in [0.29, 0.717) is 201 Å². The number of hydrogen-bond donors (Lipinski definition) is 0. The molecule has 0 amide bonds. The van der Waals surface area contributed by atoms with Gasteiger partial charge >= 0.3 is 59.7 Å². The molecule has 0 saturated carbocycles. The third-order valence-corrected chi connectivity index (χ3v) is 19.3. The predicted octanol–water partition coefficient (Wildman–Crippen LogP) is 13.1. The van der Waals surface area contributed by atoms with Crippen LogP contribution in [0, 0.1) is 0 Å². The molecule has 0 aromatic rings. The van der Waals surface area contributed by atoms with E-state index in [4.69, 9.17) is 56.8 Å². The van der Waals surface area contributed by atoms with Gasteiger partial charge in [-0.2, -0.15) is 0 Å². The van der Waals surface area contributed by atoms with E-state index in [-0.39, 0.29) is 138 Å². The van der Waals surface area contributed by atoms with E-state index in [9.17, 15) is 47.9 Å². The summed E-state index contributed by atoms with van der Waals surface area (Å²) in [4.78, 5) is 136. The summed E-state index contributed by atoms with van der Waals surface area (Å²) in [5, 5.41) is 0. The molecular weight excluding hydrogens is 1440 g/mol. The largest absolute Gasteiger partial charge is 0.466 e. The van der Waals surface area contributed by atoms with E-state index in [0.717, 1.165) is 168 Å². The highest BCUT2D eigenvalue weighted by Crippen LogP contribution is 2.13. The van der Waals surface area contributed by atoms with E-state index in [1.165, 1.54) is 6.42 Å². The Morgan fingerprint density at radius 1 is 0.196 bits per heavy atom. The van der Waals surface area contributed by atoms with Crippen LogP contribution in [0.2, 0.25) is 0 Å². The Balaban J connectivity index is 2.90. The molecule has 1 fully saturated rings. The van der Waals surface area contributed by atoms with Crippen molar-refractivity contribution in [1.82, 2.24) is 24.5 Å². The summed E-state index contributed by atoms with van der Waals surface area (Å²) in [6, 6.07) is 0. The van der Waals surface area contributed by atoms with Gasteiger partial charge in [-0.25, -0.2) is 0 Å². The smallest absolute Gasteiger partial charge is 0.307 e. The van der Waals surface area contributed by atoms with Crippen molar-refractivity contribution in [2.75, 3.05) is 191 Å². The SMILES string of the molecule is CCCCCCCC(=O)OCCCCOC(=O)CCN(CCOCCN1CCN(CCN(CCOCCN(CCC(=O)OCCCCOC(=O)CCCCCC)CCC(=O)OCCCCOC(=O)CCCCCC)CCC(=O)OCCCCOC(=O)CCCCCC)CC1)CCC(=O)OCCCCOC(=O)CCCCCC. The lowest BCUT2D eigenvalue weighted by atomic mass is 10.1. The fourth-order valence-corrected chi connectivity index (χ4v) is 12.0. The van der Waals surface area contributed by atoms with Gasteiger partial charge in [-0.05, 0) is 96.3 Å². The minimum absolute atomic E-state index is 0.0946. The summed E-state index contributed by atoms with van der Waals surface area (Å²) in [7, 11) is 0. The van der Waals surface area contributed by atoms with Crippen molar-refractivity contribution in [1.29, 1.82) is 0 Å². The Bertz CT molecular complexity index is 2300. The Hall–Kier alpha value is -5.58. The predicted molar refractivity (Wildman–Crippen MR) is 431 cm³/mol. The van der Waals surface area contributed by atoms with Gasteiger partial charge in [-0.15, -0.1) is 0 Å². The first-order valence-corrected chi connectivity index (χ1v) is 43.9. The number of esters is 10. The monoisotopic (exact) mass is 1600 g/mol. The van der Waals surface area contributed by atoms with Gasteiger partial charge in [0, 0.05) is 130 Å². The number of hydrogen-bond acceptors (Lipinski definition) is 27. The van der Waals surface area contributed by atoms with Gasteiger partial charge in [0.05, 0.1) is 125 Å². The molecular formula is C85H155N5O22. The lowest BCUT2D eigenvalue weighted by molar-refractivity contribution is -0.147. The second-order valence-corrected chi connectivity index (χ2v) is 29.3. The molecule has 0 radical (unpaired) electrons. The highest BCUT2D eigenvalue weighted by molar-refractivity contribution is 5.72. The van der Waals surface area contributed by atoms with Crippen LogP contribution in [0.4, 0.5) is 0 Å². The van der Waals surface area contributed by atoms with E-state index in [1.54, 1.807) is 0 Å². The van der Waals surface area contributed by atoms with Crippen LogP contribution in [-0.2, 0) is 105 Å². The quantitative estimate of drug-likeness (QED) is 0.0310. The van der Waals surface area contributed by atoms with Crippen LogP contribution >= 0.6 is 0 Å². The molecule has 0 spiro atoms. The van der Waals surface area contributed by atoms with Gasteiger partial charge in [-0.1, -0.05) is 137 Å². The molecule has 0 aromatic heterocycles. The fourth-order valence-electron chi connectivity index (χ4n) is 12.0. The van der Waals surface area contributed by atoms with Gasteiger partial charge in [0.25, 0.3) is 0 Å². The van der Waals surface area contributed by atoms with Gasteiger partial charge < -0.3 is 56.8 Å². The van der Waals surface area contributed by atoms with Gasteiger partial charge in [0.2, 0.25) is 0 Å². The third-order valence-electron chi connectivity index (χ3n) is 19.3. The molecule has 27 heteroatoms. The van der Waals surface area contributed by atoms with Crippen molar-refractivity contribution in [3.8, 4) is 0 Å². The van der Waals surface area contributed by atoms with E-state index >= 15 is 0 Å². The second-order valence-electron chi connectivity index (χ2n) is 29.3. The molecule has 0 bridgehead atoms. The number of rotatable bonds is 81. The van der Waals surface area contributed by atoms with Crippen LogP contribution in [0.25, 0.3) is 0 Å². The van der Waals surface area contributed by atoms with Gasteiger partial charge in [0.1, 0.15) is 0 Å². The third kappa shape index (κ3) is 69.9. The number of ether oxygens (including phenoxy) is 12. The van der Waals surface area contributed by atoms with Crippen LogP contribution in [0.15, 0.2) is 0 Å². The molecule has 1 rings (SSSR count). The molecule has 0 atom stereocenters. The van der Waals surface area contributed by atoms with Crippen molar-refractivity contribution in [3.05, 3.63) is 0 Å². The molecule has 1 heterocycles. The topological polar surface area (TPSA) is 298 Å². The van der Waals surface area contributed by atoms with Crippen molar-refractivity contribution in [3.63, 3.8) is 0 Å². The Labute approximate surface area is 674 Å². The number of nitrogens with zero attached hydrogens (tertiary/aromatic N) is 5. The normalized spacial score (nSPS) is 12.5.